The zero-order valence-electron chi connectivity index (χ0n) is 15.6. The third-order valence-electron chi connectivity index (χ3n) is 4.53. The standard InChI is InChI=1S/C19H16Cl2N6OS/c1-12-17(18(28)27(25(12)2)14-6-4-3-5-7-14)26-19(22-23-24-26)29-11-13-8-9-15(20)16(21)10-13/h3-10H,11H2,1-2H3. The molecule has 0 fully saturated rings. The van der Waals surface area contributed by atoms with E-state index in [-0.39, 0.29) is 5.56 Å². The van der Waals surface area contributed by atoms with Crippen molar-refractivity contribution < 1.29 is 0 Å². The molecule has 10 heteroatoms. The van der Waals surface area contributed by atoms with E-state index in [1.54, 1.807) is 21.5 Å². The van der Waals surface area contributed by atoms with Crippen LogP contribution in [0, 0.1) is 6.92 Å². The van der Waals surface area contributed by atoms with E-state index in [0.717, 1.165) is 16.9 Å². The summed E-state index contributed by atoms with van der Waals surface area (Å²) in [6, 6.07) is 14.9. The van der Waals surface area contributed by atoms with Crippen molar-refractivity contribution in [2.24, 2.45) is 7.05 Å². The molecule has 0 aliphatic carbocycles. The smallest absolute Gasteiger partial charge is 0.283 e. The van der Waals surface area contributed by atoms with E-state index in [9.17, 15) is 4.79 Å². The predicted molar refractivity (Wildman–Crippen MR) is 114 cm³/mol. The van der Waals surface area contributed by atoms with Gasteiger partial charge in [-0.3, -0.25) is 9.48 Å². The van der Waals surface area contributed by atoms with Gasteiger partial charge in [0, 0.05) is 12.8 Å². The lowest BCUT2D eigenvalue weighted by Crippen LogP contribution is -2.22. The second kappa shape index (κ2) is 8.06. The van der Waals surface area contributed by atoms with Gasteiger partial charge in [-0.25, -0.2) is 4.68 Å². The van der Waals surface area contributed by atoms with E-state index in [0.29, 0.717) is 26.6 Å². The minimum Gasteiger partial charge on any atom is -0.283 e. The molecule has 0 spiro atoms. The summed E-state index contributed by atoms with van der Waals surface area (Å²) in [5, 5.41) is 13.4. The fourth-order valence-corrected chi connectivity index (χ4v) is 4.12. The summed E-state index contributed by atoms with van der Waals surface area (Å²) >= 11 is 13.5. The van der Waals surface area contributed by atoms with Gasteiger partial charge in [-0.1, -0.05) is 59.2 Å². The quantitative estimate of drug-likeness (QED) is 0.432. The molecular formula is C19H16Cl2N6OS. The van der Waals surface area contributed by atoms with Crippen LogP contribution in [0.1, 0.15) is 11.3 Å². The van der Waals surface area contributed by atoms with Crippen molar-refractivity contribution >= 4 is 35.0 Å². The van der Waals surface area contributed by atoms with Crippen molar-refractivity contribution in [2.45, 2.75) is 17.8 Å². The number of halogens is 2. The zero-order chi connectivity index (χ0) is 20.5. The number of tetrazole rings is 1. The topological polar surface area (TPSA) is 70.5 Å². The molecule has 4 aromatic rings. The van der Waals surface area contributed by atoms with Crippen molar-refractivity contribution in [1.29, 1.82) is 0 Å². The number of benzene rings is 2. The van der Waals surface area contributed by atoms with Crippen LogP contribution in [0.15, 0.2) is 58.5 Å². The highest BCUT2D eigenvalue weighted by molar-refractivity contribution is 7.98. The lowest BCUT2D eigenvalue weighted by molar-refractivity contribution is 0.630. The Morgan fingerprint density at radius 3 is 2.55 bits per heavy atom. The Labute approximate surface area is 180 Å². The third kappa shape index (κ3) is 3.71. The summed E-state index contributed by atoms with van der Waals surface area (Å²) in [5.41, 5.74) is 2.72. The Morgan fingerprint density at radius 2 is 1.83 bits per heavy atom. The molecule has 29 heavy (non-hydrogen) atoms. The summed E-state index contributed by atoms with van der Waals surface area (Å²) in [6.45, 7) is 1.87. The van der Waals surface area contributed by atoms with Crippen LogP contribution in [-0.4, -0.2) is 29.6 Å². The fraction of sp³-hybridized carbons (Fsp3) is 0.158. The highest BCUT2D eigenvalue weighted by atomic mass is 35.5. The first-order valence-corrected chi connectivity index (χ1v) is 10.4. The molecule has 0 unspecified atom stereocenters. The predicted octanol–water partition coefficient (Wildman–Crippen LogP) is 4.06. The average Bonchev–Trinajstić information content (AvgIpc) is 3.25. The van der Waals surface area contributed by atoms with Crippen LogP contribution in [-0.2, 0) is 12.8 Å². The normalized spacial score (nSPS) is 11.2. The van der Waals surface area contributed by atoms with Crippen molar-refractivity contribution in [3.05, 3.63) is 80.2 Å². The monoisotopic (exact) mass is 446 g/mol. The molecule has 4 rings (SSSR count). The van der Waals surface area contributed by atoms with E-state index in [1.165, 1.54) is 16.4 Å². The van der Waals surface area contributed by atoms with Gasteiger partial charge in [0.1, 0.15) is 0 Å². The van der Waals surface area contributed by atoms with Gasteiger partial charge in [-0.05, 0) is 47.2 Å². The minimum atomic E-state index is -0.195. The summed E-state index contributed by atoms with van der Waals surface area (Å²) in [6.07, 6.45) is 0. The maximum absolute atomic E-state index is 13.2. The summed E-state index contributed by atoms with van der Waals surface area (Å²) in [7, 11) is 1.83. The zero-order valence-corrected chi connectivity index (χ0v) is 17.9. The van der Waals surface area contributed by atoms with E-state index in [1.807, 2.05) is 50.4 Å². The minimum absolute atomic E-state index is 0.195. The van der Waals surface area contributed by atoms with Gasteiger partial charge in [0.25, 0.3) is 5.56 Å². The first kappa shape index (κ1) is 19.8. The fourth-order valence-electron chi connectivity index (χ4n) is 2.98. The van der Waals surface area contributed by atoms with E-state index >= 15 is 0 Å². The van der Waals surface area contributed by atoms with Crippen molar-refractivity contribution in [1.82, 2.24) is 29.6 Å². The highest BCUT2D eigenvalue weighted by Gasteiger charge is 2.22. The summed E-state index contributed by atoms with van der Waals surface area (Å²) in [5.74, 6) is 0.579. The van der Waals surface area contributed by atoms with Crippen LogP contribution < -0.4 is 5.56 Å². The van der Waals surface area contributed by atoms with Gasteiger partial charge in [0.05, 0.1) is 21.4 Å². The molecule has 2 aromatic heterocycles. The van der Waals surface area contributed by atoms with Crippen LogP contribution in [0.4, 0.5) is 0 Å². The molecule has 0 radical (unpaired) electrons. The number of thioether (sulfide) groups is 1. The Balaban J connectivity index is 1.70. The number of hydrogen-bond acceptors (Lipinski definition) is 5. The molecule has 0 saturated heterocycles. The molecular weight excluding hydrogens is 431 g/mol. The van der Waals surface area contributed by atoms with Crippen molar-refractivity contribution in [3.8, 4) is 11.4 Å². The first-order valence-electron chi connectivity index (χ1n) is 8.67. The molecule has 2 aromatic carbocycles. The molecule has 0 bridgehead atoms. The number of para-hydroxylation sites is 1. The largest absolute Gasteiger partial charge is 0.297 e. The van der Waals surface area contributed by atoms with Gasteiger partial charge in [-0.15, -0.1) is 5.10 Å². The van der Waals surface area contributed by atoms with Crippen LogP contribution in [0.25, 0.3) is 11.4 Å². The van der Waals surface area contributed by atoms with Gasteiger partial charge < -0.3 is 0 Å². The molecule has 0 aliphatic rings. The lowest BCUT2D eigenvalue weighted by atomic mass is 10.2. The summed E-state index contributed by atoms with van der Waals surface area (Å²) in [4.78, 5) is 13.2. The second-order valence-electron chi connectivity index (χ2n) is 6.32. The molecule has 0 saturated carbocycles. The Morgan fingerprint density at radius 1 is 1.07 bits per heavy atom. The Kier molecular flexibility index (Phi) is 5.49. The Hall–Kier alpha value is -2.55. The van der Waals surface area contributed by atoms with Crippen LogP contribution in [0.3, 0.4) is 0 Å². The second-order valence-corrected chi connectivity index (χ2v) is 8.08. The van der Waals surface area contributed by atoms with Gasteiger partial charge in [-0.2, -0.15) is 4.68 Å². The summed E-state index contributed by atoms with van der Waals surface area (Å²) < 4.78 is 4.88. The molecule has 0 atom stereocenters. The lowest BCUT2D eigenvalue weighted by Gasteiger charge is -2.07. The van der Waals surface area contributed by atoms with Crippen LogP contribution in [0.5, 0.6) is 0 Å². The first-order chi connectivity index (χ1) is 14.0. The average molecular weight is 447 g/mol. The van der Waals surface area contributed by atoms with Crippen LogP contribution >= 0.6 is 35.0 Å². The molecule has 0 N–H and O–H groups in total. The van der Waals surface area contributed by atoms with Crippen molar-refractivity contribution in [2.75, 3.05) is 0 Å². The number of aromatic nitrogens is 6. The number of hydrogen-bond donors (Lipinski definition) is 0. The van der Waals surface area contributed by atoms with E-state index < -0.39 is 0 Å². The van der Waals surface area contributed by atoms with Gasteiger partial charge in [0.15, 0.2) is 5.69 Å². The molecule has 2 heterocycles. The highest BCUT2D eigenvalue weighted by Crippen LogP contribution is 2.27. The van der Waals surface area contributed by atoms with Gasteiger partial charge >= 0.3 is 0 Å². The molecule has 0 aliphatic heterocycles. The van der Waals surface area contributed by atoms with Crippen molar-refractivity contribution in [3.63, 3.8) is 0 Å². The maximum Gasteiger partial charge on any atom is 0.297 e. The Bertz CT molecular complexity index is 1230. The van der Waals surface area contributed by atoms with E-state index in [2.05, 4.69) is 15.5 Å². The molecule has 7 nitrogen and oxygen atoms in total. The van der Waals surface area contributed by atoms with E-state index in [4.69, 9.17) is 23.2 Å². The number of nitrogens with zero attached hydrogens (tertiary/aromatic N) is 6. The van der Waals surface area contributed by atoms with Gasteiger partial charge in [0.2, 0.25) is 5.16 Å². The molecule has 148 valence electrons. The SMILES string of the molecule is Cc1c(-n2nnnc2SCc2ccc(Cl)c(Cl)c2)c(=O)n(-c2ccccc2)n1C. The maximum atomic E-state index is 13.2. The third-order valence-corrected chi connectivity index (χ3v) is 6.26. The molecule has 0 amide bonds. The number of rotatable bonds is 5. The van der Waals surface area contributed by atoms with Crippen LogP contribution in [0.2, 0.25) is 10.0 Å².